The van der Waals surface area contributed by atoms with Gasteiger partial charge in [0.15, 0.2) is 5.82 Å². The molecule has 1 saturated heterocycles. The lowest BCUT2D eigenvalue weighted by atomic mass is 10.1. The van der Waals surface area contributed by atoms with Crippen LogP contribution in [0.4, 0.5) is 5.69 Å². The van der Waals surface area contributed by atoms with Gasteiger partial charge in [-0.2, -0.15) is 10.2 Å². The number of rotatable bonds is 6. The van der Waals surface area contributed by atoms with Crippen molar-refractivity contribution < 1.29 is 8.42 Å². The van der Waals surface area contributed by atoms with Gasteiger partial charge in [-0.05, 0) is 49.7 Å². The minimum atomic E-state index is -3.83. The summed E-state index contributed by atoms with van der Waals surface area (Å²) in [5.41, 5.74) is 2.32. The number of hydrogen-bond acceptors (Lipinski definition) is 6. The quantitative estimate of drug-likeness (QED) is 0.484. The lowest BCUT2D eigenvalue weighted by molar-refractivity contribution is 0.221. The Kier molecular flexibility index (Phi) is 5.40. The maximum atomic E-state index is 13.0. The second-order valence-electron chi connectivity index (χ2n) is 8.10. The van der Waals surface area contributed by atoms with Crippen molar-refractivity contribution in [1.82, 2.24) is 29.4 Å². The van der Waals surface area contributed by atoms with Gasteiger partial charge in [0, 0.05) is 25.2 Å². The van der Waals surface area contributed by atoms with Crippen LogP contribution in [0.2, 0.25) is 0 Å². The molecule has 0 aliphatic carbocycles. The molecule has 9 nitrogen and oxygen atoms in total. The van der Waals surface area contributed by atoms with E-state index in [1.54, 1.807) is 36.3 Å². The number of anilines is 1. The maximum Gasteiger partial charge on any atom is 0.265 e. The van der Waals surface area contributed by atoms with Crippen molar-refractivity contribution in [3.8, 4) is 5.82 Å². The summed E-state index contributed by atoms with van der Waals surface area (Å²) in [4.78, 5) is 6.89. The summed E-state index contributed by atoms with van der Waals surface area (Å²) in [5, 5.41) is 9.32. The van der Waals surface area contributed by atoms with Crippen molar-refractivity contribution in [3.63, 3.8) is 0 Å². The number of benzene rings is 1. The average Bonchev–Trinajstić information content (AvgIpc) is 3.43. The Morgan fingerprint density at radius 3 is 2.75 bits per heavy atom. The standard InChI is InChI=1S/C22H25N7O2S/c1-27-22-18(13-24-27)6-5-7-20(22)26-32(30,31)19-14-25-29(16-19)21-12-17(8-9-23-21)15-28-10-3-2-4-11-28/h5-9,12-14,16,26H,2-4,10-11,15H2,1H3. The van der Waals surface area contributed by atoms with E-state index in [0.29, 0.717) is 11.5 Å². The molecule has 0 unspecified atom stereocenters. The van der Waals surface area contributed by atoms with E-state index in [2.05, 4.69) is 24.8 Å². The van der Waals surface area contributed by atoms with Crippen LogP contribution in [-0.2, 0) is 23.6 Å². The van der Waals surface area contributed by atoms with Crippen molar-refractivity contribution in [2.75, 3.05) is 17.8 Å². The highest BCUT2D eigenvalue weighted by Crippen LogP contribution is 2.25. The number of nitrogens with zero attached hydrogens (tertiary/aromatic N) is 6. The van der Waals surface area contributed by atoms with Gasteiger partial charge in [-0.25, -0.2) is 18.1 Å². The fraction of sp³-hybridized carbons (Fsp3) is 0.318. The van der Waals surface area contributed by atoms with Crippen molar-refractivity contribution in [2.45, 2.75) is 30.7 Å². The zero-order chi connectivity index (χ0) is 22.1. The number of pyridine rings is 1. The van der Waals surface area contributed by atoms with Crippen LogP contribution in [0.3, 0.4) is 0 Å². The zero-order valence-electron chi connectivity index (χ0n) is 17.8. The van der Waals surface area contributed by atoms with Gasteiger partial charge in [0.1, 0.15) is 4.90 Å². The Morgan fingerprint density at radius 2 is 1.91 bits per heavy atom. The third kappa shape index (κ3) is 4.11. The fourth-order valence-electron chi connectivity index (χ4n) is 4.15. The summed E-state index contributed by atoms with van der Waals surface area (Å²) in [6.07, 6.45) is 10.0. The highest BCUT2D eigenvalue weighted by atomic mass is 32.2. The first-order valence-electron chi connectivity index (χ1n) is 10.7. The minimum Gasteiger partial charge on any atom is -0.299 e. The highest BCUT2D eigenvalue weighted by molar-refractivity contribution is 7.92. The van der Waals surface area contributed by atoms with Crippen LogP contribution in [0.1, 0.15) is 24.8 Å². The Bertz CT molecular complexity index is 1350. The van der Waals surface area contributed by atoms with Crippen LogP contribution in [0, 0.1) is 0 Å². The minimum absolute atomic E-state index is 0.0694. The van der Waals surface area contributed by atoms with Gasteiger partial charge in [0.2, 0.25) is 0 Å². The summed E-state index contributed by atoms with van der Waals surface area (Å²) >= 11 is 0. The van der Waals surface area contributed by atoms with Gasteiger partial charge in [-0.15, -0.1) is 0 Å². The molecule has 1 N–H and O–H groups in total. The second kappa shape index (κ2) is 8.36. The molecule has 0 radical (unpaired) electrons. The number of hydrogen-bond donors (Lipinski definition) is 1. The molecule has 1 aliphatic rings. The second-order valence-corrected chi connectivity index (χ2v) is 9.78. The predicted molar refractivity (Wildman–Crippen MR) is 122 cm³/mol. The molecule has 5 rings (SSSR count). The summed E-state index contributed by atoms with van der Waals surface area (Å²) in [6, 6.07) is 9.36. The van der Waals surface area contributed by atoms with Gasteiger partial charge < -0.3 is 0 Å². The molecule has 166 valence electrons. The number of fused-ring (bicyclic) bond motifs is 1. The lowest BCUT2D eigenvalue weighted by Gasteiger charge is -2.26. The maximum absolute atomic E-state index is 13.0. The first-order valence-corrected chi connectivity index (χ1v) is 12.1. The van der Waals surface area contributed by atoms with Gasteiger partial charge in [-0.3, -0.25) is 14.3 Å². The molecular weight excluding hydrogens is 426 g/mol. The Labute approximate surface area is 186 Å². The summed E-state index contributed by atoms with van der Waals surface area (Å²) in [5.74, 6) is 0.592. The van der Waals surface area contributed by atoms with Crippen molar-refractivity contribution >= 4 is 26.6 Å². The molecule has 32 heavy (non-hydrogen) atoms. The van der Waals surface area contributed by atoms with E-state index < -0.39 is 10.0 Å². The van der Waals surface area contributed by atoms with Crippen LogP contribution in [-0.4, -0.2) is 51.0 Å². The van der Waals surface area contributed by atoms with Crippen LogP contribution in [0.15, 0.2) is 60.0 Å². The van der Waals surface area contributed by atoms with Gasteiger partial charge in [0.25, 0.3) is 10.0 Å². The molecule has 3 aromatic heterocycles. The average molecular weight is 452 g/mol. The SMILES string of the molecule is Cn1ncc2cccc(NS(=O)(=O)c3cnn(-c4cc(CN5CCCCC5)ccn4)c3)c21. The molecule has 0 bridgehead atoms. The van der Waals surface area contributed by atoms with Crippen LogP contribution in [0.25, 0.3) is 16.7 Å². The number of sulfonamides is 1. The Balaban J connectivity index is 1.38. The number of likely N-dealkylation sites (tertiary alicyclic amines) is 1. The fourth-order valence-corrected chi connectivity index (χ4v) is 5.15. The number of para-hydroxylation sites is 1. The first-order chi connectivity index (χ1) is 15.5. The normalized spacial score (nSPS) is 15.3. The van der Waals surface area contributed by atoms with Gasteiger partial charge >= 0.3 is 0 Å². The zero-order valence-corrected chi connectivity index (χ0v) is 18.7. The van der Waals surface area contributed by atoms with Crippen molar-refractivity contribution in [3.05, 3.63) is 60.7 Å². The third-order valence-electron chi connectivity index (χ3n) is 5.77. The number of aromatic nitrogens is 5. The lowest BCUT2D eigenvalue weighted by Crippen LogP contribution is -2.29. The van der Waals surface area contributed by atoms with E-state index in [4.69, 9.17) is 0 Å². The molecule has 0 spiro atoms. The van der Waals surface area contributed by atoms with Crippen molar-refractivity contribution in [2.24, 2.45) is 7.05 Å². The van der Waals surface area contributed by atoms with Crippen LogP contribution < -0.4 is 4.72 Å². The van der Waals surface area contributed by atoms with E-state index in [0.717, 1.165) is 36.1 Å². The van der Waals surface area contributed by atoms with E-state index in [1.807, 2.05) is 18.2 Å². The van der Waals surface area contributed by atoms with Gasteiger partial charge in [-0.1, -0.05) is 18.6 Å². The van der Waals surface area contributed by atoms with E-state index in [1.165, 1.54) is 36.3 Å². The molecule has 0 amide bonds. The molecule has 4 heterocycles. The molecule has 1 aromatic carbocycles. The van der Waals surface area contributed by atoms with E-state index in [-0.39, 0.29) is 4.90 Å². The largest absolute Gasteiger partial charge is 0.299 e. The molecule has 4 aromatic rings. The Hall–Kier alpha value is -3.24. The molecule has 10 heteroatoms. The molecule has 1 aliphatic heterocycles. The first kappa shape index (κ1) is 20.7. The van der Waals surface area contributed by atoms with Crippen LogP contribution >= 0.6 is 0 Å². The molecule has 0 atom stereocenters. The molecule has 1 fully saturated rings. The topological polar surface area (TPSA) is 97.9 Å². The smallest absolute Gasteiger partial charge is 0.265 e. The van der Waals surface area contributed by atoms with Crippen molar-refractivity contribution in [1.29, 1.82) is 0 Å². The summed E-state index contributed by atoms with van der Waals surface area (Å²) in [6.45, 7) is 3.08. The molecule has 0 saturated carbocycles. The molecular formula is C22H25N7O2S. The number of nitrogens with one attached hydrogen (secondary N) is 1. The monoisotopic (exact) mass is 451 g/mol. The number of aryl methyl sites for hydroxylation is 1. The van der Waals surface area contributed by atoms with Crippen LogP contribution in [0.5, 0.6) is 0 Å². The van der Waals surface area contributed by atoms with E-state index in [9.17, 15) is 8.42 Å². The predicted octanol–water partition coefficient (Wildman–Crippen LogP) is 2.94. The summed E-state index contributed by atoms with van der Waals surface area (Å²) < 4.78 is 31.9. The number of piperidine rings is 1. The summed E-state index contributed by atoms with van der Waals surface area (Å²) in [7, 11) is -2.05. The van der Waals surface area contributed by atoms with Gasteiger partial charge in [0.05, 0.1) is 29.8 Å². The third-order valence-corrected chi connectivity index (χ3v) is 7.09. The Morgan fingerprint density at radius 1 is 1.06 bits per heavy atom. The highest BCUT2D eigenvalue weighted by Gasteiger charge is 2.20. The van der Waals surface area contributed by atoms with E-state index >= 15 is 0 Å².